The summed E-state index contributed by atoms with van der Waals surface area (Å²) in [6, 6.07) is 0. The summed E-state index contributed by atoms with van der Waals surface area (Å²) < 4.78 is 36.6. The van der Waals surface area contributed by atoms with E-state index in [1.165, 1.54) is 0 Å². The van der Waals surface area contributed by atoms with Gasteiger partial charge in [-0.1, -0.05) is 20.8 Å². The van der Waals surface area contributed by atoms with Crippen molar-refractivity contribution < 1.29 is 13.2 Å². The molecule has 18 heavy (non-hydrogen) atoms. The average Bonchev–Trinajstić information content (AvgIpc) is 2.16. The lowest BCUT2D eigenvalue weighted by Gasteiger charge is -2.19. The molecular formula is C11H14BrF3N2O. The van der Waals surface area contributed by atoms with Crippen LogP contribution in [0.5, 0.6) is 0 Å². The third-order valence-corrected chi connectivity index (χ3v) is 3.00. The molecule has 1 aromatic heterocycles. The summed E-state index contributed by atoms with van der Waals surface area (Å²) in [4.78, 5) is 18.1. The maximum absolute atomic E-state index is 12.1. The third kappa shape index (κ3) is 4.12. The van der Waals surface area contributed by atoms with Gasteiger partial charge in [-0.25, -0.2) is 4.98 Å². The minimum atomic E-state index is -4.26. The van der Waals surface area contributed by atoms with Crippen LogP contribution in [0.2, 0.25) is 0 Å². The van der Waals surface area contributed by atoms with Crippen LogP contribution >= 0.6 is 15.9 Å². The molecule has 102 valence electrons. The standard InChI is InChI=1S/C11H14BrF3N2O/c1-10(2,3)8-7(12)9(18)17-6(16-8)4-5-11(13,14)15/h4-5H2,1-3H3,(H,16,17,18). The van der Waals surface area contributed by atoms with Crippen LogP contribution in [0.15, 0.2) is 9.27 Å². The maximum Gasteiger partial charge on any atom is 0.389 e. The minimum absolute atomic E-state index is 0.0606. The van der Waals surface area contributed by atoms with Gasteiger partial charge in [0.25, 0.3) is 5.56 Å². The number of aromatic amines is 1. The van der Waals surface area contributed by atoms with Gasteiger partial charge in [0.2, 0.25) is 0 Å². The van der Waals surface area contributed by atoms with E-state index in [-0.39, 0.29) is 16.7 Å². The van der Waals surface area contributed by atoms with E-state index in [4.69, 9.17) is 0 Å². The highest BCUT2D eigenvalue weighted by atomic mass is 79.9. The molecule has 0 unspecified atom stereocenters. The van der Waals surface area contributed by atoms with Crippen LogP contribution in [0.3, 0.4) is 0 Å². The van der Waals surface area contributed by atoms with Crippen molar-refractivity contribution in [3.05, 3.63) is 26.3 Å². The number of aromatic nitrogens is 2. The van der Waals surface area contributed by atoms with Gasteiger partial charge in [-0.05, 0) is 15.9 Å². The van der Waals surface area contributed by atoms with E-state index in [1.807, 2.05) is 20.8 Å². The highest BCUT2D eigenvalue weighted by Crippen LogP contribution is 2.26. The smallest absolute Gasteiger partial charge is 0.310 e. The normalized spacial score (nSPS) is 12.8. The Morgan fingerprint density at radius 2 is 1.83 bits per heavy atom. The largest absolute Gasteiger partial charge is 0.389 e. The molecule has 0 fully saturated rings. The van der Waals surface area contributed by atoms with Gasteiger partial charge in [0.15, 0.2) is 0 Å². The number of alkyl halides is 3. The molecule has 0 aliphatic carbocycles. The van der Waals surface area contributed by atoms with Crippen molar-refractivity contribution in [3.63, 3.8) is 0 Å². The Bertz CT molecular complexity index is 489. The van der Waals surface area contributed by atoms with E-state index >= 15 is 0 Å². The first-order valence-electron chi connectivity index (χ1n) is 5.36. The lowest BCUT2D eigenvalue weighted by atomic mass is 9.92. The number of hydrogen-bond donors (Lipinski definition) is 1. The van der Waals surface area contributed by atoms with Crippen LogP contribution in [0.1, 0.15) is 38.7 Å². The monoisotopic (exact) mass is 326 g/mol. The van der Waals surface area contributed by atoms with E-state index in [0.29, 0.717) is 5.69 Å². The van der Waals surface area contributed by atoms with E-state index in [1.54, 1.807) is 0 Å². The average molecular weight is 327 g/mol. The second-order valence-corrected chi connectivity index (χ2v) is 5.83. The first-order chi connectivity index (χ1) is 8.00. The SMILES string of the molecule is CC(C)(C)c1nc(CCC(F)(F)F)[nH]c(=O)c1Br. The van der Waals surface area contributed by atoms with Gasteiger partial charge >= 0.3 is 6.18 Å². The molecule has 0 aromatic carbocycles. The zero-order chi connectivity index (χ0) is 14.1. The second kappa shape index (κ2) is 5.03. The summed E-state index contributed by atoms with van der Waals surface area (Å²) in [6.07, 6.45) is -5.58. The predicted molar refractivity (Wildman–Crippen MR) is 65.6 cm³/mol. The molecule has 0 bridgehead atoms. The van der Waals surface area contributed by atoms with Gasteiger partial charge in [-0.15, -0.1) is 0 Å². The quantitative estimate of drug-likeness (QED) is 0.906. The summed E-state index contributed by atoms with van der Waals surface area (Å²) in [5.74, 6) is 0.0606. The van der Waals surface area contributed by atoms with Crippen molar-refractivity contribution in [2.24, 2.45) is 0 Å². The van der Waals surface area contributed by atoms with Crippen LogP contribution in [-0.4, -0.2) is 16.1 Å². The number of H-pyrrole nitrogens is 1. The number of nitrogens with one attached hydrogen (secondary N) is 1. The molecule has 0 amide bonds. The summed E-state index contributed by atoms with van der Waals surface area (Å²) >= 11 is 3.11. The molecule has 1 rings (SSSR count). The van der Waals surface area contributed by atoms with E-state index in [2.05, 4.69) is 25.9 Å². The van der Waals surface area contributed by atoms with Gasteiger partial charge in [0.1, 0.15) is 10.3 Å². The zero-order valence-electron chi connectivity index (χ0n) is 10.3. The van der Waals surface area contributed by atoms with Crippen LogP contribution < -0.4 is 5.56 Å². The van der Waals surface area contributed by atoms with E-state index < -0.39 is 23.6 Å². The number of aryl methyl sites for hydroxylation is 1. The van der Waals surface area contributed by atoms with Crippen LogP contribution in [0.4, 0.5) is 13.2 Å². The van der Waals surface area contributed by atoms with Gasteiger partial charge in [-0.3, -0.25) is 4.79 Å². The van der Waals surface area contributed by atoms with Crippen molar-refractivity contribution in [2.75, 3.05) is 0 Å². The molecule has 0 aliphatic rings. The first kappa shape index (κ1) is 15.2. The highest BCUT2D eigenvalue weighted by Gasteiger charge is 2.28. The van der Waals surface area contributed by atoms with Crippen molar-refractivity contribution >= 4 is 15.9 Å². The Morgan fingerprint density at radius 3 is 2.28 bits per heavy atom. The fourth-order valence-electron chi connectivity index (χ4n) is 1.38. The lowest BCUT2D eigenvalue weighted by Crippen LogP contribution is -2.24. The summed E-state index contributed by atoms with van der Waals surface area (Å²) in [6.45, 7) is 5.52. The van der Waals surface area contributed by atoms with Crippen molar-refractivity contribution in [2.45, 2.75) is 45.2 Å². The van der Waals surface area contributed by atoms with E-state index in [9.17, 15) is 18.0 Å². The fourth-order valence-corrected chi connectivity index (χ4v) is 2.16. The van der Waals surface area contributed by atoms with Crippen LogP contribution in [0.25, 0.3) is 0 Å². The molecule has 1 heterocycles. The molecule has 1 N–H and O–H groups in total. The molecule has 3 nitrogen and oxygen atoms in total. The van der Waals surface area contributed by atoms with Crippen molar-refractivity contribution in [3.8, 4) is 0 Å². The summed E-state index contributed by atoms with van der Waals surface area (Å²) in [5.41, 5.74) is -0.407. The molecular weight excluding hydrogens is 313 g/mol. The number of nitrogens with zero attached hydrogens (tertiary/aromatic N) is 1. The Balaban J connectivity index is 3.10. The Labute approximate surface area is 111 Å². The molecule has 1 aromatic rings. The third-order valence-electron chi connectivity index (χ3n) is 2.27. The maximum atomic E-state index is 12.1. The molecule has 7 heteroatoms. The highest BCUT2D eigenvalue weighted by molar-refractivity contribution is 9.10. The van der Waals surface area contributed by atoms with Crippen molar-refractivity contribution in [1.82, 2.24) is 9.97 Å². The van der Waals surface area contributed by atoms with Gasteiger partial charge in [0.05, 0.1) is 12.1 Å². The molecule has 0 atom stereocenters. The fraction of sp³-hybridized carbons (Fsp3) is 0.636. The number of rotatable bonds is 2. The zero-order valence-corrected chi connectivity index (χ0v) is 11.9. The minimum Gasteiger partial charge on any atom is -0.310 e. The van der Waals surface area contributed by atoms with E-state index in [0.717, 1.165) is 0 Å². The van der Waals surface area contributed by atoms with Gasteiger partial charge < -0.3 is 4.98 Å². The lowest BCUT2D eigenvalue weighted by molar-refractivity contribution is -0.134. The molecule has 0 aliphatic heterocycles. The Hall–Kier alpha value is -0.850. The predicted octanol–water partition coefficient (Wildman–Crippen LogP) is 3.32. The Morgan fingerprint density at radius 1 is 1.28 bits per heavy atom. The van der Waals surface area contributed by atoms with Crippen LogP contribution in [-0.2, 0) is 11.8 Å². The van der Waals surface area contributed by atoms with Gasteiger partial charge in [-0.2, -0.15) is 13.2 Å². The van der Waals surface area contributed by atoms with Gasteiger partial charge in [0, 0.05) is 11.8 Å². The molecule has 0 radical (unpaired) electrons. The first-order valence-corrected chi connectivity index (χ1v) is 6.16. The molecule has 0 saturated carbocycles. The van der Waals surface area contributed by atoms with Crippen LogP contribution in [0, 0.1) is 0 Å². The number of halogens is 4. The summed E-state index contributed by atoms with van der Waals surface area (Å²) in [5, 5.41) is 0. The molecule has 0 saturated heterocycles. The Kier molecular flexibility index (Phi) is 4.25. The molecule has 0 spiro atoms. The number of hydrogen-bond acceptors (Lipinski definition) is 2. The second-order valence-electron chi connectivity index (χ2n) is 5.04. The van der Waals surface area contributed by atoms with Crippen molar-refractivity contribution in [1.29, 1.82) is 0 Å². The topological polar surface area (TPSA) is 45.8 Å². The summed E-state index contributed by atoms with van der Waals surface area (Å²) in [7, 11) is 0.